The molecule has 2 aromatic carbocycles. The summed E-state index contributed by atoms with van der Waals surface area (Å²) < 4.78 is 66.2. The second kappa shape index (κ2) is 7.76. The Kier molecular flexibility index (Phi) is 5.86. The molecular weight excluding hydrogens is 389 g/mol. The number of carbonyl (C=O) groups is 2. The van der Waals surface area contributed by atoms with Crippen LogP contribution in [0.15, 0.2) is 41.3 Å². The molecule has 0 saturated carbocycles. The lowest BCUT2D eigenvalue weighted by molar-refractivity contribution is -0.138. The number of halogens is 3. The van der Waals surface area contributed by atoms with Gasteiger partial charge in [0.05, 0.1) is 10.5 Å². The van der Waals surface area contributed by atoms with E-state index in [4.69, 9.17) is 5.11 Å². The number of amides is 1. The number of carboxylic acid groups (broad SMARTS) is 1. The van der Waals surface area contributed by atoms with Crippen LogP contribution in [0.3, 0.4) is 0 Å². The van der Waals surface area contributed by atoms with Crippen LogP contribution in [-0.2, 0) is 14.8 Å². The lowest BCUT2D eigenvalue weighted by Crippen LogP contribution is -2.38. The van der Waals surface area contributed by atoms with Gasteiger partial charge >= 0.3 is 5.97 Å². The number of benzene rings is 2. The fourth-order valence-corrected chi connectivity index (χ4v) is 3.19. The highest BCUT2D eigenvalue weighted by Gasteiger charge is 2.24. The number of carbonyl (C=O) groups excluding carboxylic acids is 1. The van der Waals surface area contributed by atoms with Crippen molar-refractivity contribution < 1.29 is 36.3 Å². The predicted octanol–water partition coefficient (Wildman–Crippen LogP) is 2.11. The number of nitrogens with one attached hydrogen (secondary N) is 2. The molecule has 0 saturated heterocycles. The summed E-state index contributed by atoms with van der Waals surface area (Å²) in [4.78, 5) is 22.4. The van der Waals surface area contributed by atoms with E-state index in [0.29, 0.717) is 18.2 Å². The highest BCUT2D eigenvalue weighted by molar-refractivity contribution is 7.89. The zero-order valence-corrected chi connectivity index (χ0v) is 14.5. The van der Waals surface area contributed by atoms with Crippen molar-refractivity contribution in [1.82, 2.24) is 4.72 Å². The minimum atomic E-state index is -4.35. The summed E-state index contributed by atoms with van der Waals surface area (Å²) in [5, 5.41) is 10.9. The summed E-state index contributed by atoms with van der Waals surface area (Å²) in [7, 11) is -4.35. The quantitative estimate of drug-likeness (QED) is 0.685. The van der Waals surface area contributed by atoms with Crippen LogP contribution in [0.5, 0.6) is 0 Å². The van der Waals surface area contributed by atoms with Gasteiger partial charge in [-0.15, -0.1) is 0 Å². The molecular formula is C16H13F3N2O5S. The van der Waals surface area contributed by atoms with E-state index in [0.717, 1.165) is 25.1 Å². The molecule has 7 nitrogen and oxygen atoms in total. The molecule has 0 bridgehead atoms. The second-order valence-electron chi connectivity index (χ2n) is 5.41. The van der Waals surface area contributed by atoms with Crippen molar-refractivity contribution in [3.8, 4) is 0 Å². The van der Waals surface area contributed by atoms with E-state index in [1.165, 1.54) is 0 Å². The van der Waals surface area contributed by atoms with Crippen LogP contribution in [0.1, 0.15) is 17.3 Å². The SMILES string of the molecule is C[C@H](NS(=O)(=O)c1ccc(F)c(C(=O)Nc2ccc(F)c(F)c2)c1)C(=O)O. The highest BCUT2D eigenvalue weighted by Crippen LogP contribution is 2.19. The summed E-state index contributed by atoms with van der Waals surface area (Å²) >= 11 is 0. The molecule has 2 rings (SSSR count). The first-order valence-electron chi connectivity index (χ1n) is 7.32. The summed E-state index contributed by atoms with van der Waals surface area (Å²) in [6.45, 7) is 1.08. The molecule has 0 fully saturated rings. The summed E-state index contributed by atoms with van der Waals surface area (Å²) in [6, 6.07) is 3.24. The van der Waals surface area contributed by atoms with Gasteiger partial charge in [-0.05, 0) is 37.3 Å². The largest absolute Gasteiger partial charge is 0.480 e. The first kappa shape index (κ1) is 20.4. The van der Waals surface area contributed by atoms with Crippen molar-refractivity contribution >= 4 is 27.6 Å². The van der Waals surface area contributed by atoms with Gasteiger partial charge in [0.25, 0.3) is 5.91 Å². The molecule has 0 spiro atoms. The molecule has 0 aliphatic carbocycles. The fourth-order valence-electron chi connectivity index (χ4n) is 1.97. The third-order valence-corrected chi connectivity index (χ3v) is 4.91. The Hall–Kier alpha value is -2.92. The van der Waals surface area contributed by atoms with Crippen molar-refractivity contribution in [3.63, 3.8) is 0 Å². The van der Waals surface area contributed by atoms with E-state index in [1.54, 1.807) is 0 Å². The Bertz CT molecular complexity index is 1010. The summed E-state index contributed by atoms with van der Waals surface area (Å²) in [6.07, 6.45) is 0. The van der Waals surface area contributed by atoms with Gasteiger partial charge < -0.3 is 10.4 Å². The number of rotatable bonds is 6. The van der Waals surface area contributed by atoms with Crippen LogP contribution < -0.4 is 10.0 Å². The van der Waals surface area contributed by atoms with Gasteiger partial charge in [0.1, 0.15) is 11.9 Å². The average Bonchev–Trinajstić information content (AvgIpc) is 2.57. The highest BCUT2D eigenvalue weighted by atomic mass is 32.2. The summed E-state index contributed by atoms with van der Waals surface area (Å²) in [5.74, 6) is -6.00. The van der Waals surface area contributed by atoms with Crippen LogP contribution in [0, 0.1) is 17.5 Å². The summed E-state index contributed by atoms with van der Waals surface area (Å²) in [5.41, 5.74) is -0.866. The topological polar surface area (TPSA) is 113 Å². The zero-order valence-electron chi connectivity index (χ0n) is 13.7. The van der Waals surface area contributed by atoms with Crippen LogP contribution in [0.4, 0.5) is 18.9 Å². The van der Waals surface area contributed by atoms with Crippen molar-refractivity contribution in [1.29, 1.82) is 0 Å². The van der Waals surface area contributed by atoms with Crippen molar-refractivity contribution in [2.45, 2.75) is 17.9 Å². The molecule has 0 aliphatic rings. The molecule has 0 unspecified atom stereocenters. The Morgan fingerprint density at radius 3 is 2.22 bits per heavy atom. The molecule has 1 atom stereocenters. The fraction of sp³-hybridized carbons (Fsp3) is 0.125. The molecule has 11 heteroatoms. The first-order valence-corrected chi connectivity index (χ1v) is 8.80. The third kappa shape index (κ3) is 4.83. The number of hydrogen-bond donors (Lipinski definition) is 3. The molecule has 0 aliphatic heterocycles. The maximum atomic E-state index is 13.9. The average molecular weight is 402 g/mol. The van der Waals surface area contributed by atoms with E-state index in [1.807, 2.05) is 4.72 Å². The van der Waals surface area contributed by atoms with Gasteiger partial charge in [-0.25, -0.2) is 21.6 Å². The van der Waals surface area contributed by atoms with E-state index in [9.17, 15) is 31.2 Å². The molecule has 0 aromatic heterocycles. The Morgan fingerprint density at radius 2 is 1.63 bits per heavy atom. The Morgan fingerprint density at radius 1 is 1.00 bits per heavy atom. The van der Waals surface area contributed by atoms with Crippen molar-refractivity contribution in [2.24, 2.45) is 0 Å². The smallest absolute Gasteiger partial charge is 0.321 e. The standard InChI is InChI=1S/C16H13F3N2O5S/c1-8(16(23)24)21-27(25,26)10-3-5-12(17)11(7-10)15(22)20-9-2-4-13(18)14(19)6-9/h2-8,21H,1H3,(H,20,22)(H,23,24)/t8-/m0/s1. The number of aliphatic carboxylic acids is 1. The normalized spacial score (nSPS) is 12.4. The molecule has 2 aromatic rings. The maximum absolute atomic E-state index is 13.9. The van der Waals surface area contributed by atoms with Crippen molar-refractivity contribution in [2.75, 3.05) is 5.32 Å². The minimum absolute atomic E-state index is 0.177. The molecule has 1 amide bonds. The van der Waals surface area contributed by atoms with Crippen molar-refractivity contribution in [3.05, 3.63) is 59.4 Å². The molecule has 144 valence electrons. The van der Waals surface area contributed by atoms with Gasteiger partial charge in [0.15, 0.2) is 11.6 Å². The number of anilines is 1. The lowest BCUT2D eigenvalue weighted by Gasteiger charge is -2.12. The molecule has 0 radical (unpaired) electrons. The number of carboxylic acids is 1. The van der Waals surface area contributed by atoms with Gasteiger partial charge in [-0.2, -0.15) is 4.72 Å². The first-order chi connectivity index (χ1) is 12.5. The van der Waals surface area contributed by atoms with Crippen LogP contribution in [-0.4, -0.2) is 31.4 Å². The Labute approximate surface area is 151 Å². The second-order valence-corrected chi connectivity index (χ2v) is 7.12. The predicted molar refractivity (Wildman–Crippen MR) is 88.1 cm³/mol. The third-order valence-electron chi connectivity index (χ3n) is 3.37. The lowest BCUT2D eigenvalue weighted by atomic mass is 10.2. The Balaban J connectivity index is 2.32. The van der Waals surface area contributed by atoms with Gasteiger partial charge in [0.2, 0.25) is 10.0 Å². The van der Waals surface area contributed by atoms with Crippen LogP contribution >= 0.6 is 0 Å². The van der Waals surface area contributed by atoms with E-state index >= 15 is 0 Å². The maximum Gasteiger partial charge on any atom is 0.321 e. The molecule has 27 heavy (non-hydrogen) atoms. The molecule has 0 heterocycles. The van der Waals surface area contributed by atoms with E-state index < -0.39 is 55.9 Å². The monoisotopic (exact) mass is 402 g/mol. The van der Waals surface area contributed by atoms with Crippen LogP contribution in [0.2, 0.25) is 0 Å². The minimum Gasteiger partial charge on any atom is -0.480 e. The van der Waals surface area contributed by atoms with Crippen LogP contribution in [0.25, 0.3) is 0 Å². The van der Waals surface area contributed by atoms with E-state index in [2.05, 4.69) is 5.32 Å². The molecule has 3 N–H and O–H groups in total. The van der Waals surface area contributed by atoms with Gasteiger partial charge in [-0.1, -0.05) is 0 Å². The zero-order chi connectivity index (χ0) is 20.4. The van der Waals surface area contributed by atoms with E-state index in [-0.39, 0.29) is 5.69 Å². The van der Waals surface area contributed by atoms with Gasteiger partial charge in [-0.3, -0.25) is 9.59 Å². The number of hydrogen-bond acceptors (Lipinski definition) is 4. The van der Waals surface area contributed by atoms with Gasteiger partial charge in [0, 0.05) is 11.8 Å². The number of sulfonamides is 1.